The molecule has 0 aliphatic carbocycles. The lowest BCUT2D eigenvalue weighted by Gasteiger charge is -2.10. The van der Waals surface area contributed by atoms with Crippen LogP contribution in [0.25, 0.3) is 43.6 Å². The fraction of sp³-hybridized carbons (Fsp3) is 0.0870. The summed E-state index contributed by atoms with van der Waals surface area (Å²) in [6, 6.07) is 49.9. The van der Waals surface area contributed by atoms with Crippen LogP contribution in [-0.2, 0) is 18.9 Å². The molecule has 0 amide bonds. The van der Waals surface area contributed by atoms with E-state index in [2.05, 4.69) is 9.13 Å². The molecular weight excluding hydrogens is 726 g/mol. The number of nitrogens with one attached hydrogen (secondary N) is 1. The molecule has 0 fully saturated rings. The molecule has 280 valence electrons. The summed E-state index contributed by atoms with van der Waals surface area (Å²) in [6.07, 6.45) is -0.250. The largest absolute Gasteiger partial charge is 1.00 e. The van der Waals surface area contributed by atoms with E-state index in [1.54, 1.807) is 24.3 Å². The minimum absolute atomic E-state index is 0. The topological polar surface area (TPSA) is 124 Å². The molecule has 1 N–H and O–H groups in total. The molecule has 9 nitrogen and oxygen atoms in total. The van der Waals surface area contributed by atoms with Crippen LogP contribution in [-0.4, -0.2) is 23.6 Å². The summed E-state index contributed by atoms with van der Waals surface area (Å²) in [5.41, 5.74) is 5.19. The van der Waals surface area contributed by atoms with Gasteiger partial charge in [0.05, 0.1) is 32.7 Å². The Kier molecular flexibility index (Phi) is 13.2. The number of aryl methyl sites for hydroxylation is 2. The number of para-hydroxylation sites is 6. The van der Waals surface area contributed by atoms with Crippen LogP contribution in [0, 0.1) is 5.41 Å². The highest BCUT2D eigenvalue weighted by Gasteiger charge is 2.24. The first kappa shape index (κ1) is 40.2. The van der Waals surface area contributed by atoms with Crippen LogP contribution >= 0.6 is 0 Å². The smallest absolute Gasteiger partial charge is 0.345 e. The van der Waals surface area contributed by atoms with E-state index in [1.807, 2.05) is 148 Å². The van der Waals surface area contributed by atoms with Gasteiger partial charge in [0.25, 0.3) is 0 Å². The predicted molar refractivity (Wildman–Crippen MR) is 211 cm³/mol. The zero-order valence-corrected chi connectivity index (χ0v) is 31.7. The SMILES string of the molecule is CC(=O)CC(=N)[O-].C[n+]1c2ccccc2c(C(=O)Oc2ccccc2)c2ccccc21.C[n+]1c2ccccc2c(C(=O)Oc2ccccc2)c2ccccc21.[Cl-]. The van der Waals surface area contributed by atoms with Crippen molar-refractivity contribution in [1.29, 1.82) is 5.41 Å². The number of carbonyl (C=O) groups is 3. The third-order valence-corrected chi connectivity index (χ3v) is 8.86. The van der Waals surface area contributed by atoms with Gasteiger partial charge in [-0.2, -0.15) is 9.13 Å². The second-order valence-corrected chi connectivity index (χ2v) is 12.6. The Morgan fingerprint density at radius 3 is 1.02 bits per heavy atom. The first-order valence-electron chi connectivity index (χ1n) is 17.5. The molecule has 0 aliphatic heterocycles. The lowest BCUT2D eigenvalue weighted by molar-refractivity contribution is -0.617. The van der Waals surface area contributed by atoms with Gasteiger partial charge in [0.1, 0.15) is 31.4 Å². The first-order chi connectivity index (χ1) is 26.6. The number of aromatic nitrogens is 2. The summed E-state index contributed by atoms with van der Waals surface area (Å²) < 4.78 is 15.4. The zero-order valence-electron chi connectivity index (χ0n) is 30.9. The third kappa shape index (κ3) is 9.03. The number of halogens is 1. The Labute approximate surface area is 329 Å². The highest BCUT2D eigenvalue weighted by molar-refractivity contribution is 6.14. The summed E-state index contributed by atoms with van der Waals surface area (Å²) >= 11 is 0. The second-order valence-electron chi connectivity index (χ2n) is 12.6. The molecular formula is C46H38ClN3O6. The van der Waals surface area contributed by atoms with Gasteiger partial charge in [-0.05, 0) is 61.4 Å². The Bertz CT molecular complexity index is 2400. The van der Waals surface area contributed by atoms with Crippen molar-refractivity contribution in [3.63, 3.8) is 0 Å². The Morgan fingerprint density at radius 2 is 0.768 bits per heavy atom. The summed E-state index contributed by atoms with van der Waals surface area (Å²) in [6.45, 7) is 1.28. The van der Waals surface area contributed by atoms with E-state index in [0.717, 1.165) is 43.6 Å². The summed E-state index contributed by atoms with van der Waals surface area (Å²) in [4.78, 5) is 35.8. The van der Waals surface area contributed by atoms with E-state index < -0.39 is 5.90 Å². The monoisotopic (exact) mass is 763 g/mol. The number of Topliss-reactive ketones (excluding diaryl/α,β-unsaturated/α-hetero) is 1. The number of rotatable bonds is 6. The Morgan fingerprint density at radius 1 is 0.500 bits per heavy atom. The maximum atomic E-state index is 12.9. The number of fused-ring (bicyclic) bond motifs is 4. The van der Waals surface area contributed by atoms with E-state index in [1.165, 1.54) is 6.92 Å². The number of carbonyl (C=O) groups excluding carboxylic acids is 3. The van der Waals surface area contributed by atoms with Crippen LogP contribution in [0.4, 0.5) is 0 Å². The van der Waals surface area contributed by atoms with E-state index in [9.17, 15) is 19.5 Å². The van der Waals surface area contributed by atoms with Crippen molar-refractivity contribution in [2.24, 2.45) is 14.1 Å². The summed E-state index contributed by atoms with van der Waals surface area (Å²) in [5, 5.41) is 19.5. The van der Waals surface area contributed by atoms with Gasteiger partial charge < -0.3 is 32.4 Å². The van der Waals surface area contributed by atoms with Crippen molar-refractivity contribution in [3.05, 3.63) is 169 Å². The van der Waals surface area contributed by atoms with Crippen molar-refractivity contribution >= 4 is 67.2 Å². The van der Waals surface area contributed by atoms with E-state index in [-0.39, 0.29) is 36.5 Å². The number of ether oxygens (including phenoxy) is 2. The number of esters is 2. The van der Waals surface area contributed by atoms with Crippen molar-refractivity contribution in [2.75, 3.05) is 0 Å². The van der Waals surface area contributed by atoms with Gasteiger partial charge in [0.15, 0.2) is 0 Å². The molecule has 0 saturated carbocycles. The number of ketones is 1. The van der Waals surface area contributed by atoms with Gasteiger partial charge in [0, 0.05) is 30.7 Å². The number of hydrogen-bond donors (Lipinski definition) is 1. The summed E-state index contributed by atoms with van der Waals surface area (Å²) in [5.74, 6) is -0.649. The van der Waals surface area contributed by atoms with Gasteiger partial charge in [0.2, 0.25) is 22.1 Å². The molecule has 2 heterocycles. The number of hydrogen-bond acceptors (Lipinski definition) is 7. The average molecular weight is 764 g/mol. The summed E-state index contributed by atoms with van der Waals surface area (Å²) in [7, 11) is 4.02. The van der Waals surface area contributed by atoms with Crippen LogP contribution in [0.1, 0.15) is 34.1 Å². The molecule has 0 atom stereocenters. The molecule has 0 saturated heterocycles. The van der Waals surface area contributed by atoms with Gasteiger partial charge in [-0.15, -0.1) is 0 Å². The molecule has 10 heteroatoms. The molecule has 2 aromatic heterocycles. The lowest BCUT2D eigenvalue weighted by atomic mass is 10.0. The molecule has 0 unspecified atom stereocenters. The second kappa shape index (κ2) is 18.4. The Hall–Kier alpha value is -6.97. The van der Waals surface area contributed by atoms with Gasteiger partial charge >= 0.3 is 11.9 Å². The van der Waals surface area contributed by atoms with Gasteiger partial charge in [-0.3, -0.25) is 4.79 Å². The lowest BCUT2D eigenvalue weighted by Crippen LogP contribution is -3.00. The normalized spacial score (nSPS) is 10.3. The quantitative estimate of drug-likeness (QED) is 0.0670. The Balaban J connectivity index is 0.000000181. The molecule has 8 aromatic rings. The maximum absolute atomic E-state index is 12.9. The number of pyridine rings is 2. The molecule has 0 aliphatic rings. The number of nitrogens with zero attached hydrogens (tertiary/aromatic N) is 2. The minimum Gasteiger partial charge on any atom is -1.00 e. The van der Waals surface area contributed by atoms with Crippen molar-refractivity contribution in [2.45, 2.75) is 13.3 Å². The van der Waals surface area contributed by atoms with Gasteiger partial charge in [-0.25, -0.2) is 9.59 Å². The predicted octanol–water partition coefficient (Wildman–Crippen LogP) is 4.38. The van der Waals surface area contributed by atoms with E-state index in [4.69, 9.17) is 14.9 Å². The van der Waals surface area contributed by atoms with Crippen LogP contribution in [0.5, 0.6) is 11.5 Å². The zero-order chi connectivity index (χ0) is 38.9. The van der Waals surface area contributed by atoms with E-state index >= 15 is 0 Å². The standard InChI is InChI=1S/2C21H16NO2.C4H7NO2.ClH/c2*1-22-18-13-7-5-11-16(18)20(17-12-6-8-14-19(17)22)21(23)24-15-9-3-2-4-10-15;1-3(6)2-4(5)7;/h2*2-14H,1H3;2H2,1H3,(H2,5,7);1H/q2*+1;;/p-2. The number of benzene rings is 6. The molecule has 56 heavy (non-hydrogen) atoms. The van der Waals surface area contributed by atoms with Gasteiger partial charge in [-0.1, -0.05) is 84.9 Å². The van der Waals surface area contributed by atoms with Crippen LogP contribution in [0.2, 0.25) is 0 Å². The average Bonchev–Trinajstić information content (AvgIpc) is 3.19. The molecule has 0 bridgehead atoms. The van der Waals surface area contributed by atoms with Crippen LogP contribution in [0.3, 0.4) is 0 Å². The fourth-order valence-corrected chi connectivity index (χ4v) is 6.42. The van der Waals surface area contributed by atoms with Crippen molar-refractivity contribution in [1.82, 2.24) is 0 Å². The van der Waals surface area contributed by atoms with E-state index in [0.29, 0.717) is 22.6 Å². The maximum Gasteiger partial charge on any atom is 0.345 e. The molecule has 0 radical (unpaired) electrons. The first-order valence-corrected chi connectivity index (χ1v) is 17.5. The molecule has 6 aromatic carbocycles. The molecule has 8 rings (SSSR count). The fourth-order valence-electron chi connectivity index (χ4n) is 6.42. The van der Waals surface area contributed by atoms with Crippen LogP contribution < -0.4 is 36.1 Å². The third-order valence-electron chi connectivity index (χ3n) is 8.86. The van der Waals surface area contributed by atoms with Crippen molar-refractivity contribution in [3.8, 4) is 11.5 Å². The highest BCUT2D eigenvalue weighted by Crippen LogP contribution is 2.27. The van der Waals surface area contributed by atoms with Crippen molar-refractivity contribution < 1.29 is 50.5 Å². The minimum atomic E-state index is -0.812. The van der Waals surface area contributed by atoms with Crippen LogP contribution in [0.15, 0.2) is 158 Å². The molecule has 0 spiro atoms. The highest BCUT2D eigenvalue weighted by atomic mass is 35.5.